The predicted octanol–water partition coefficient (Wildman–Crippen LogP) is 2.00. The number of phenols is 1. The molecular formula is C22H25N3O3. The van der Waals surface area contributed by atoms with E-state index in [9.17, 15) is 14.7 Å². The van der Waals surface area contributed by atoms with E-state index in [1.807, 2.05) is 6.07 Å². The molecular weight excluding hydrogens is 354 g/mol. The fourth-order valence-corrected chi connectivity index (χ4v) is 3.93. The van der Waals surface area contributed by atoms with Gasteiger partial charge < -0.3 is 5.11 Å². The number of para-hydroxylation sites is 1. The maximum atomic E-state index is 12.8. The van der Waals surface area contributed by atoms with Crippen molar-refractivity contribution >= 4 is 11.8 Å². The molecule has 2 aliphatic rings. The number of phenolic OH excluding ortho intramolecular Hbond substituents is 1. The molecule has 146 valence electrons. The fourth-order valence-electron chi connectivity index (χ4n) is 3.93. The second-order valence-electron chi connectivity index (χ2n) is 7.58. The Morgan fingerprint density at radius 2 is 1.57 bits per heavy atom. The number of hydrogen-bond donors (Lipinski definition) is 2. The minimum Gasteiger partial charge on any atom is -0.507 e. The van der Waals surface area contributed by atoms with Crippen molar-refractivity contribution in [3.8, 4) is 5.75 Å². The zero-order valence-corrected chi connectivity index (χ0v) is 15.8. The molecule has 0 radical (unpaired) electrons. The minimum absolute atomic E-state index is 0.118. The Bertz CT molecular complexity index is 856. The highest BCUT2D eigenvalue weighted by Crippen LogP contribution is 2.42. The molecule has 2 amide bonds. The molecule has 0 aromatic heterocycles. The second kappa shape index (κ2) is 7.73. The van der Waals surface area contributed by atoms with Crippen molar-refractivity contribution in [3.63, 3.8) is 0 Å². The lowest BCUT2D eigenvalue weighted by Crippen LogP contribution is -2.57. The van der Waals surface area contributed by atoms with Crippen LogP contribution in [0.3, 0.4) is 0 Å². The highest BCUT2D eigenvalue weighted by molar-refractivity contribution is 6.09. The molecule has 28 heavy (non-hydrogen) atoms. The highest BCUT2D eigenvalue weighted by Gasteiger charge is 2.55. The van der Waals surface area contributed by atoms with Gasteiger partial charge in [0.1, 0.15) is 11.3 Å². The molecule has 4 rings (SSSR count). The van der Waals surface area contributed by atoms with E-state index in [4.69, 9.17) is 0 Å². The number of carbonyl (C=O) groups is 2. The fraction of sp³-hybridized carbons (Fsp3) is 0.364. The van der Waals surface area contributed by atoms with E-state index in [1.165, 1.54) is 17.7 Å². The van der Waals surface area contributed by atoms with Crippen LogP contribution in [0.1, 0.15) is 28.8 Å². The number of piperazine rings is 1. The van der Waals surface area contributed by atoms with Crippen LogP contribution in [0.15, 0.2) is 54.6 Å². The van der Waals surface area contributed by atoms with Crippen LogP contribution in [-0.4, -0.2) is 58.4 Å². The van der Waals surface area contributed by atoms with Gasteiger partial charge in [0, 0.05) is 32.7 Å². The molecule has 1 heterocycles. The van der Waals surface area contributed by atoms with Crippen molar-refractivity contribution in [2.75, 3.05) is 26.2 Å². The smallest absolute Gasteiger partial charge is 0.261 e. The van der Waals surface area contributed by atoms with Gasteiger partial charge in [0.25, 0.3) is 5.91 Å². The molecule has 1 saturated carbocycles. The number of nitrogens with one attached hydrogen (secondary N) is 1. The van der Waals surface area contributed by atoms with Crippen LogP contribution in [-0.2, 0) is 11.3 Å². The van der Waals surface area contributed by atoms with E-state index in [0.717, 1.165) is 45.6 Å². The summed E-state index contributed by atoms with van der Waals surface area (Å²) in [6.07, 6.45) is 1.54. The van der Waals surface area contributed by atoms with Gasteiger partial charge in [-0.3, -0.25) is 24.7 Å². The number of imide groups is 1. The van der Waals surface area contributed by atoms with Crippen molar-refractivity contribution < 1.29 is 14.7 Å². The summed E-state index contributed by atoms with van der Waals surface area (Å²) in [5, 5.41) is 12.3. The van der Waals surface area contributed by atoms with Gasteiger partial charge in [-0.2, -0.15) is 0 Å². The Hall–Kier alpha value is -2.70. The summed E-state index contributed by atoms with van der Waals surface area (Å²) < 4.78 is 0. The minimum atomic E-state index is -0.571. The molecule has 6 heteroatoms. The molecule has 1 saturated heterocycles. The number of benzene rings is 2. The number of amides is 2. The van der Waals surface area contributed by atoms with Gasteiger partial charge in [-0.05, 0) is 30.5 Å². The number of carbonyl (C=O) groups excluding carboxylic acids is 2. The van der Waals surface area contributed by atoms with E-state index in [2.05, 4.69) is 39.4 Å². The molecule has 6 nitrogen and oxygen atoms in total. The van der Waals surface area contributed by atoms with Crippen LogP contribution in [0.2, 0.25) is 0 Å². The van der Waals surface area contributed by atoms with Gasteiger partial charge >= 0.3 is 0 Å². The first-order valence-corrected chi connectivity index (χ1v) is 9.74. The maximum Gasteiger partial charge on any atom is 0.261 e. The molecule has 1 aliphatic heterocycles. The summed E-state index contributed by atoms with van der Waals surface area (Å²) >= 11 is 0. The van der Waals surface area contributed by atoms with Crippen LogP contribution in [0.5, 0.6) is 5.75 Å². The molecule has 0 unspecified atom stereocenters. The van der Waals surface area contributed by atoms with E-state index >= 15 is 0 Å². The number of rotatable bonds is 5. The van der Waals surface area contributed by atoms with Crippen LogP contribution in [0, 0.1) is 0 Å². The molecule has 2 fully saturated rings. The van der Waals surface area contributed by atoms with Gasteiger partial charge in [0.2, 0.25) is 5.91 Å². The quantitative estimate of drug-likeness (QED) is 0.778. The Labute approximate surface area is 164 Å². The average molecular weight is 379 g/mol. The molecule has 2 aromatic rings. The van der Waals surface area contributed by atoms with Crippen molar-refractivity contribution in [2.45, 2.75) is 24.9 Å². The van der Waals surface area contributed by atoms with Crippen LogP contribution in [0.25, 0.3) is 0 Å². The lowest BCUT2D eigenvalue weighted by Gasteiger charge is -2.39. The predicted molar refractivity (Wildman–Crippen MR) is 106 cm³/mol. The standard InChI is InChI=1S/C22H25N3O3/c26-19-9-5-4-8-18(19)20(27)23-21(28)22(10-11-22)25-14-12-24(13-15-25)16-17-6-2-1-3-7-17/h1-9,26H,10-16H2,(H,23,27,28). The van der Waals surface area contributed by atoms with Gasteiger partial charge in [-0.25, -0.2) is 0 Å². The van der Waals surface area contributed by atoms with Crippen molar-refractivity contribution in [1.82, 2.24) is 15.1 Å². The topological polar surface area (TPSA) is 72.9 Å². The van der Waals surface area contributed by atoms with Gasteiger partial charge in [-0.1, -0.05) is 42.5 Å². The summed E-state index contributed by atoms with van der Waals surface area (Å²) in [5.74, 6) is -0.915. The normalized spacial score (nSPS) is 19.1. The lowest BCUT2D eigenvalue weighted by atomic mass is 10.1. The third kappa shape index (κ3) is 3.79. The molecule has 2 N–H and O–H groups in total. The van der Waals surface area contributed by atoms with Gasteiger partial charge in [0.15, 0.2) is 0 Å². The number of aromatic hydroxyl groups is 1. The summed E-state index contributed by atoms with van der Waals surface area (Å²) in [4.78, 5) is 29.8. The van der Waals surface area contributed by atoms with E-state index < -0.39 is 11.4 Å². The average Bonchev–Trinajstić information content (AvgIpc) is 3.52. The number of nitrogens with zero attached hydrogens (tertiary/aromatic N) is 2. The van der Waals surface area contributed by atoms with E-state index in [1.54, 1.807) is 12.1 Å². The summed E-state index contributed by atoms with van der Waals surface area (Å²) in [7, 11) is 0. The zero-order valence-electron chi connectivity index (χ0n) is 15.8. The van der Waals surface area contributed by atoms with Crippen molar-refractivity contribution in [1.29, 1.82) is 0 Å². The van der Waals surface area contributed by atoms with Crippen molar-refractivity contribution in [2.24, 2.45) is 0 Å². The monoisotopic (exact) mass is 379 g/mol. The number of hydrogen-bond acceptors (Lipinski definition) is 5. The summed E-state index contributed by atoms with van der Waals surface area (Å²) in [6.45, 7) is 4.34. The third-order valence-corrected chi connectivity index (χ3v) is 5.75. The Balaban J connectivity index is 1.34. The first-order chi connectivity index (χ1) is 13.6. The summed E-state index contributed by atoms with van der Waals surface area (Å²) in [6, 6.07) is 16.7. The molecule has 0 spiro atoms. The molecule has 2 aromatic carbocycles. The van der Waals surface area contributed by atoms with Crippen LogP contribution in [0.4, 0.5) is 0 Å². The lowest BCUT2D eigenvalue weighted by molar-refractivity contribution is -0.128. The first-order valence-electron chi connectivity index (χ1n) is 9.74. The Morgan fingerprint density at radius 1 is 0.929 bits per heavy atom. The first kappa shape index (κ1) is 18.7. The van der Waals surface area contributed by atoms with Crippen LogP contribution < -0.4 is 5.32 Å². The van der Waals surface area contributed by atoms with Crippen LogP contribution >= 0.6 is 0 Å². The van der Waals surface area contributed by atoms with E-state index in [-0.39, 0.29) is 17.2 Å². The molecule has 0 atom stereocenters. The Morgan fingerprint density at radius 3 is 2.21 bits per heavy atom. The summed E-state index contributed by atoms with van der Waals surface area (Å²) in [5.41, 5.74) is 0.848. The molecule has 0 bridgehead atoms. The maximum absolute atomic E-state index is 12.8. The largest absolute Gasteiger partial charge is 0.507 e. The SMILES string of the molecule is O=C(NC(=O)C1(N2CCN(Cc3ccccc3)CC2)CC1)c1ccccc1O. The van der Waals surface area contributed by atoms with Gasteiger partial charge in [0.05, 0.1) is 5.56 Å². The van der Waals surface area contributed by atoms with Gasteiger partial charge in [-0.15, -0.1) is 0 Å². The van der Waals surface area contributed by atoms with E-state index in [0.29, 0.717) is 0 Å². The highest BCUT2D eigenvalue weighted by atomic mass is 16.3. The van der Waals surface area contributed by atoms with Crippen molar-refractivity contribution in [3.05, 3.63) is 65.7 Å². The Kier molecular flexibility index (Phi) is 5.15. The zero-order chi connectivity index (χ0) is 19.6. The second-order valence-corrected chi connectivity index (χ2v) is 7.58. The third-order valence-electron chi connectivity index (χ3n) is 5.75. The molecule has 1 aliphatic carbocycles.